The highest BCUT2D eigenvalue weighted by molar-refractivity contribution is 7.89. The molecular formula is C20H20F3N3O4S. The maximum Gasteiger partial charge on any atom is 0.416 e. The van der Waals surface area contributed by atoms with Gasteiger partial charge in [0.15, 0.2) is 0 Å². The molecule has 0 aromatic heterocycles. The zero-order valence-electron chi connectivity index (χ0n) is 16.4. The van der Waals surface area contributed by atoms with Gasteiger partial charge in [0.2, 0.25) is 15.9 Å². The first-order valence-electron chi connectivity index (χ1n) is 9.33. The number of sulfonamides is 1. The molecule has 2 N–H and O–H groups in total. The molecule has 1 unspecified atom stereocenters. The molecule has 0 saturated carbocycles. The van der Waals surface area contributed by atoms with Crippen LogP contribution in [-0.4, -0.2) is 44.2 Å². The minimum absolute atomic E-state index is 0.0467. The summed E-state index contributed by atoms with van der Waals surface area (Å²) in [6, 6.07) is 9.13. The Morgan fingerprint density at radius 2 is 1.71 bits per heavy atom. The van der Waals surface area contributed by atoms with Gasteiger partial charge in [-0.05, 0) is 48.9 Å². The van der Waals surface area contributed by atoms with Crippen LogP contribution in [0.3, 0.4) is 0 Å². The highest BCUT2D eigenvalue weighted by atomic mass is 32.2. The lowest BCUT2D eigenvalue weighted by Crippen LogP contribution is -2.49. The number of alkyl halides is 3. The molecule has 2 aromatic carbocycles. The van der Waals surface area contributed by atoms with Crippen LogP contribution in [0.4, 0.5) is 13.2 Å². The molecule has 2 amide bonds. The van der Waals surface area contributed by atoms with Crippen LogP contribution >= 0.6 is 0 Å². The maximum absolute atomic E-state index is 12.7. The van der Waals surface area contributed by atoms with E-state index in [2.05, 4.69) is 10.6 Å². The van der Waals surface area contributed by atoms with Gasteiger partial charge in [-0.2, -0.15) is 17.5 Å². The predicted molar refractivity (Wildman–Crippen MR) is 106 cm³/mol. The number of halogens is 3. The van der Waals surface area contributed by atoms with Crippen molar-refractivity contribution in [3.8, 4) is 0 Å². The summed E-state index contributed by atoms with van der Waals surface area (Å²) in [7, 11) is -3.87. The van der Waals surface area contributed by atoms with Crippen LogP contribution in [0.1, 0.15) is 34.5 Å². The molecule has 1 saturated heterocycles. The van der Waals surface area contributed by atoms with E-state index in [1.807, 2.05) is 0 Å². The third-order valence-electron chi connectivity index (χ3n) is 4.84. The summed E-state index contributed by atoms with van der Waals surface area (Å²) in [6.07, 6.45) is -4.44. The molecule has 2 aromatic rings. The molecule has 166 valence electrons. The topological polar surface area (TPSA) is 95.6 Å². The van der Waals surface area contributed by atoms with Crippen molar-refractivity contribution in [2.75, 3.05) is 19.6 Å². The average Bonchev–Trinajstić information content (AvgIpc) is 2.73. The SMILES string of the molecule is CC(NC(=O)c1ccc(S(=O)(=O)N2CCNC(=O)C2)cc1)c1ccc(C(F)(F)F)cc1. The Hall–Kier alpha value is -2.92. The van der Waals surface area contributed by atoms with E-state index in [-0.39, 0.29) is 36.0 Å². The molecule has 31 heavy (non-hydrogen) atoms. The fourth-order valence-corrected chi connectivity index (χ4v) is 4.47. The molecule has 1 heterocycles. The Morgan fingerprint density at radius 1 is 1.10 bits per heavy atom. The van der Waals surface area contributed by atoms with Crippen molar-refractivity contribution in [3.63, 3.8) is 0 Å². The van der Waals surface area contributed by atoms with Crippen LogP contribution in [0, 0.1) is 0 Å². The standard InChI is InChI=1S/C20H20F3N3O4S/c1-13(14-2-6-16(7-3-14)20(21,22)23)25-19(28)15-4-8-17(9-5-15)31(29,30)26-11-10-24-18(27)12-26/h2-9,13H,10-12H2,1H3,(H,24,27)(H,25,28). The van der Waals surface area contributed by atoms with E-state index in [0.29, 0.717) is 5.56 Å². The highest BCUT2D eigenvalue weighted by Crippen LogP contribution is 2.30. The van der Waals surface area contributed by atoms with Crippen molar-refractivity contribution in [1.82, 2.24) is 14.9 Å². The fourth-order valence-electron chi connectivity index (χ4n) is 3.07. The lowest BCUT2D eigenvalue weighted by Gasteiger charge is -2.25. The van der Waals surface area contributed by atoms with Crippen molar-refractivity contribution >= 4 is 21.8 Å². The monoisotopic (exact) mass is 455 g/mol. The van der Waals surface area contributed by atoms with Crippen LogP contribution in [0.25, 0.3) is 0 Å². The van der Waals surface area contributed by atoms with Crippen molar-refractivity contribution in [2.45, 2.75) is 24.0 Å². The van der Waals surface area contributed by atoms with Gasteiger partial charge in [0.1, 0.15) is 0 Å². The number of benzene rings is 2. The molecule has 0 spiro atoms. The zero-order chi connectivity index (χ0) is 22.8. The van der Waals surface area contributed by atoms with E-state index >= 15 is 0 Å². The quantitative estimate of drug-likeness (QED) is 0.724. The number of nitrogens with one attached hydrogen (secondary N) is 2. The summed E-state index contributed by atoms with van der Waals surface area (Å²) in [5, 5.41) is 5.21. The summed E-state index contributed by atoms with van der Waals surface area (Å²) in [5.41, 5.74) is -0.101. The number of nitrogens with zero attached hydrogens (tertiary/aromatic N) is 1. The van der Waals surface area contributed by atoms with Gasteiger partial charge in [0.25, 0.3) is 5.91 Å². The van der Waals surface area contributed by atoms with E-state index < -0.39 is 33.7 Å². The maximum atomic E-state index is 12.7. The third-order valence-corrected chi connectivity index (χ3v) is 6.70. The first kappa shape index (κ1) is 22.8. The van der Waals surface area contributed by atoms with Gasteiger partial charge in [-0.3, -0.25) is 9.59 Å². The van der Waals surface area contributed by atoms with Gasteiger partial charge in [0, 0.05) is 18.7 Å². The summed E-state index contributed by atoms with van der Waals surface area (Å²) in [6.45, 7) is 1.73. The van der Waals surface area contributed by atoms with Gasteiger partial charge in [-0.15, -0.1) is 0 Å². The summed E-state index contributed by atoms with van der Waals surface area (Å²) >= 11 is 0. The van der Waals surface area contributed by atoms with Crippen molar-refractivity contribution in [2.24, 2.45) is 0 Å². The minimum atomic E-state index is -4.44. The average molecular weight is 455 g/mol. The van der Waals surface area contributed by atoms with Gasteiger partial charge >= 0.3 is 6.18 Å². The van der Waals surface area contributed by atoms with Crippen molar-refractivity contribution in [1.29, 1.82) is 0 Å². The number of piperazine rings is 1. The Labute approximate surface area is 177 Å². The largest absolute Gasteiger partial charge is 0.416 e. The lowest BCUT2D eigenvalue weighted by atomic mass is 10.1. The number of hydrogen-bond donors (Lipinski definition) is 2. The second-order valence-corrected chi connectivity index (χ2v) is 8.97. The Morgan fingerprint density at radius 3 is 2.26 bits per heavy atom. The predicted octanol–water partition coefficient (Wildman–Crippen LogP) is 2.32. The summed E-state index contributed by atoms with van der Waals surface area (Å²) < 4.78 is 64.4. The van der Waals surface area contributed by atoms with Gasteiger partial charge in [-0.25, -0.2) is 8.42 Å². The molecule has 1 atom stereocenters. The summed E-state index contributed by atoms with van der Waals surface area (Å²) in [4.78, 5) is 23.9. The van der Waals surface area contributed by atoms with Gasteiger partial charge in [0.05, 0.1) is 23.0 Å². The normalized spacial score (nSPS) is 16.5. The molecule has 1 fully saturated rings. The second kappa shape index (κ2) is 8.67. The molecule has 11 heteroatoms. The minimum Gasteiger partial charge on any atom is -0.354 e. The van der Waals surface area contributed by atoms with E-state index in [1.165, 1.54) is 36.4 Å². The zero-order valence-corrected chi connectivity index (χ0v) is 17.3. The van der Waals surface area contributed by atoms with E-state index in [4.69, 9.17) is 0 Å². The van der Waals surface area contributed by atoms with Crippen molar-refractivity contribution < 1.29 is 31.2 Å². The third kappa shape index (κ3) is 5.23. The first-order valence-corrected chi connectivity index (χ1v) is 10.8. The Kier molecular flexibility index (Phi) is 6.37. The molecule has 0 radical (unpaired) electrons. The van der Waals surface area contributed by atoms with Crippen LogP contribution < -0.4 is 10.6 Å². The van der Waals surface area contributed by atoms with Gasteiger partial charge < -0.3 is 10.6 Å². The van der Waals surface area contributed by atoms with E-state index in [9.17, 15) is 31.2 Å². The highest BCUT2D eigenvalue weighted by Gasteiger charge is 2.31. The molecule has 0 aliphatic carbocycles. The first-order chi connectivity index (χ1) is 14.5. The summed E-state index contributed by atoms with van der Waals surface area (Å²) in [5.74, 6) is -0.892. The fraction of sp³-hybridized carbons (Fsp3) is 0.300. The second-order valence-electron chi connectivity index (χ2n) is 7.03. The van der Waals surface area contributed by atoms with Crippen LogP contribution in [0.15, 0.2) is 53.4 Å². The number of hydrogen-bond acceptors (Lipinski definition) is 4. The number of rotatable bonds is 5. The van der Waals surface area contributed by atoms with Crippen molar-refractivity contribution in [3.05, 3.63) is 65.2 Å². The molecular weight excluding hydrogens is 435 g/mol. The molecule has 1 aliphatic heterocycles. The smallest absolute Gasteiger partial charge is 0.354 e. The molecule has 1 aliphatic rings. The van der Waals surface area contributed by atoms with Crippen LogP contribution in [-0.2, 0) is 21.0 Å². The number of amides is 2. The van der Waals surface area contributed by atoms with E-state index in [1.54, 1.807) is 6.92 Å². The number of carbonyl (C=O) groups excluding carboxylic acids is 2. The molecule has 0 bridgehead atoms. The Bertz CT molecular complexity index is 1070. The van der Waals surface area contributed by atoms with Crippen LogP contribution in [0.5, 0.6) is 0 Å². The van der Waals surface area contributed by atoms with Gasteiger partial charge in [-0.1, -0.05) is 12.1 Å². The molecule has 7 nitrogen and oxygen atoms in total. The number of carbonyl (C=O) groups is 2. The van der Waals surface area contributed by atoms with Crippen LogP contribution in [0.2, 0.25) is 0 Å². The lowest BCUT2D eigenvalue weighted by molar-refractivity contribution is -0.137. The van der Waals surface area contributed by atoms with E-state index in [0.717, 1.165) is 16.4 Å². The Balaban J connectivity index is 1.68. The molecule has 3 rings (SSSR count).